The summed E-state index contributed by atoms with van der Waals surface area (Å²) < 4.78 is 0. The summed E-state index contributed by atoms with van der Waals surface area (Å²) in [5.74, 6) is 0. The Kier molecular flexibility index (Phi) is 66.8. The first kappa shape index (κ1) is 29.2. The second-order valence-electron chi connectivity index (χ2n) is 1.46. The predicted octanol–water partition coefficient (Wildman–Crippen LogP) is 0.672. The molecule has 0 aliphatic heterocycles. The smallest absolute Gasteiger partial charge is 0.0566 e. The zero-order chi connectivity index (χ0) is 4.99. The van der Waals surface area contributed by atoms with Gasteiger partial charge in [0.25, 0.3) is 0 Å². The molecular formula is C4H10B3Y3-2. The molecule has 10 heavy (non-hydrogen) atoms. The molecule has 0 N–H and O–H groups in total. The third-order valence-electron chi connectivity index (χ3n) is 0.784. The molecule has 0 saturated carbocycles. The summed E-state index contributed by atoms with van der Waals surface area (Å²) in [7, 11) is 6.78. The minimum Gasteiger partial charge on any atom is -0.358 e. The zero-order valence-corrected chi connectivity index (χ0v) is 15.4. The van der Waals surface area contributed by atoms with Crippen molar-refractivity contribution in [1.29, 1.82) is 0 Å². The molecule has 0 aromatic heterocycles. The topological polar surface area (TPSA) is 0 Å². The summed E-state index contributed by atoms with van der Waals surface area (Å²) >= 11 is 0. The molecule has 0 aliphatic rings. The summed E-state index contributed by atoms with van der Waals surface area (Å²) in [5.41, 5.74) is 0. The van der Waals surface area contributed by atoms with Gasteiger partial charge in [-0.25, -0.2) is 6.32 Å². The van der Waals surface area contributed by atoms with Crippen molar-refractivity contribution in [3.05, 3.63) is 14.4 Å². The number of rotatable bonds is 2. The molecule has 46 valence electrons. The summed E-state index contributed by atoms with van der Waals surface area (Å²) in [6.07, 6.45) is 0.899. The fourth-order valence-corrected chi connectivity index (χ4v) is 0.0962. The Morgan fingerprint density at radius 2 is 1.70 bits per heavy atom. The molecule has 0 aromatic carbocycles. The minimum atomic E-state index is 0. The molecule has 0 atom stereocenters. The van der Waals surface area contributed by atoms with E-state index in [9.17, 15) is 0 Å². The third-order valence-corrected chi connectivity index (χ3v) is 0.784. The van der Waals surface area contributed by atoms with Crippen LogP contribution in [-0.4, -0.2) is 21.4 Å². The monoisotopic (exact) mass is 358 g/mol. The van der Waals surface area contributed by atoms with E-state index in [-0.39, 0.29) is 106 Å². The molecule has 0 amide bonds. The zero-order valence-electron chi connectivity index (χ0n) is 6.88. The molecule has 0 rings (SSSR count). The van der Waals surface area contributed by atoms with Gasteiger partial charge in [0.05, 0.1) is 6.60 Å². The fourth-order valence-electron chi connectivity index (χ4n) is 0.0962. The van der Waals surface area contributed by atoms with Crippen molar-refractivity contribution >= 4 is 21.4 Å². The van der Waals surface area contributed by atoms with E-state index in [2.05, 4.69) is 6.92 Å². The van der Waals surface area contributed by atoms with Crippen molar-refractivity contribution < 1.29 is 98.1 Å². The van der Waals surface area contributed by atoms with Gasteiger partial charge in [-0.1, -0.05) is 6.82 Å². The molecule has 0 saturated heterocycles. The molecule has 0 aliphatic carbocycles. The number of hydrogen-bond acceptors (Lipinski definition) is 0. The molecule has 0 aromatic rings. The van der Waals surface area contributed by atoms with Crippen LogP contribution in [0.5, 0.6) is 0 Å². The van der Waals surface area contributed by atoms with Crippen LogP contribution in [0.1, 0.15) is 0 Å². The van der Waals surface area contributed by atoms with Crippen LogP contribution in [0.2, 0.25) is 13.1 Å². The maximum absolute atomic E-state index is 5.12. The van der Waals surface area contributed by atoms with Gasteiger partial charge in [0.15, 0.2) is 0 Å². The molecule has 0 unspecified atom stereocenters. The Hall–Kier alpha value is 3.51. The Morgan fingerprint density at radius 1 is 1.40 bits per heavy atom. The van der Waals surface area contributed by atoms with Gasteiger partial charge in [-0.15, -0.1) is 0 Å². The number of hydrogen-bond donors (Lipinski definition) is 0. The summed E-state index contributed by atoms with van der Waals surface area (Å²) in [4.78, 5) is 0. The van der Waals surface area contributed by atoms with E-state index in [4.69, 9.17) is 7.74 Å². The molecule has 0 nitrogen and oxygen atoms in total. The molecule has 0 fully saturated rings. The van der Waals surface area contributed by atoms with Gasteiger partial charge in [-0.05, 0) is 0 Å². The van der Waals surface area contributed by atoms with Crippen molar-refractivity contribution in [3.63, 3.8) is 0 Å². The second kappa shape index (κ2) is 22.9. The van der Waals surface area contributed by atoms with E-state index in [1.54, 1.807) is 7.06 Å². The van der Waals surface area contributed by atoms with Crippen LogP contribution in [-0.2, 0) is 98.1 Å². The Bertz CT molecular complexity index is 34.9. The van der Waals surface area contributed by atoms with Gasteiger partial charge in [-0.3, -0.25) is 0 Å². The Balaban J connectivity index is -0.0000000208. The van der Waals surface area contributed by atoms with Crippen molar-refractivity contribution in [2.24, 2.45) is 0 Å². The van der Waals surface area contributed by atoms with Crippen molar-refractivity contribution in [1.82, 2.24) is 0 Å². The van der Waals surface area contributed by atoms with Gasteiger partial charge in [-0.2, -0.15) is 0 Å². The van der Waals surface area contributed by atoms with Crippen LogP contribution in [0.4, 0.5) is 0 Å². The first-order chi connectivity index (χ1) is 2.81. The molecule has 6 radical (unpaired) electrons. The third kappa shape index (κ3) is 22.5. The Labute approximate surface area is 144 Å². The normalized spacial score (nSPS) is 4.60. The SMILES string of the molecule is [B][B]B(C)C[CH2-].[CH3-].[Y].[Y].[Y]. The van der Waals surface area contributed by atoms with Gasteiger partial charge < -0.3 is 14.4 Å². The first-order valence-corrected chi connectivity index (χ1v) is 2.15. The van der Waals surface area contributed by atoms with E-state index in [0.717, 1.165) is 6.32 Å². The average molecular weight is 357 g/mol. The average Bonchev–Trinajstić information content (AvgIpc) is 1.65. The van der Waals surface area contributed by atoms with Crippen LogP contribution < -0.4 is 0 Å². The van der Waals surface area contributed by atoms with E-state index in [1.807, 2.05) is 6.82 Å². The van der Waals surface area contributed by atoms with Crippen molar-refractivity contribution in [2.75, 3.05) is 0 Å². The van der Waals surface area contributed by atoms with Crippen molar-refractivity contribution in [2.45, 2.75) is 13.1 Å². The standard InChI is InChI=1S/C3H7B3.CH3.3Y/c1-3-6(2)5-4;;;;/h1,3H2,2H3;1H3;;;/q2*-1;;;. The summed E-state index contributed by atoms with van der Waals surface area (Å²) in [6.45, 7) is 6.16. The fraction of sp³-hybridized carbons (Fsp3) is 0.500. The first-order valence-electron chi connectivity index (χ1n) is 2.15. The van der Waals surface area contributed by atoms with Crippen LogP contribution >= 0.6 is 0 Å². The van der Waals surface area contributed by atoms with Crippen LogP contribution in [0, 0.1) is 14.4 Å². The van der Waals surface area contributed by atoms with Gasteiger partial charge in [0, 0.05) is 113 Å². The van der Waals surface area contributed by atoms with E-state index in [0.29, 0.717) is 6.60 Å². The molecule has 0 spiro atoms. The van der Waals surface area contributed by atoms with E-state index >= 15 is 0 Å². The summed E-state index contributed by atoms with van der Waals surface area (Å²) in [6, 6.07) is 0. The minimum absolute atomic E-state index is 0. The van der Waals surface area contributed by atoms with Crippen molar-refractivity contribution in [3.8, 4) is 0 Å². The van der Waals surface area contributed by atoms with Crippen LogP contribution in [0.25, 0.3) is 0 Å². The molecule has 0 bridgehead atoms. The quantitative estimate of drug-likeness (QED) is 0.504. The van der Waals surface area contributed by atoms with Gasteiger partial charge in [0.1, 0.15) is 0 Å². The van der Waals surface area contributed by atoms with Crippen LogP contribution in [0.3, 0.4) is 0 Å². The molecular weight excluding hydrogens is 347 g/mol. The predicted molar refractivity (Wildman–Crippen MR) is 39.7 cm³/mol. The Morgan fingerprint density at radius 3 is 1.70 bits per heavy atom. The largest absolute Gasteiger partial charge is 0.358 e. The van der Waals surface area contributed by atoms with Gasteiger partial charge in [0.2, 0.25) is 0 Å². The van der Waals surface area contributed by atoms with Crippen LogP contribution in [0.15, 0.2) is 0 Å². The van der Waals surface area contributed by atoms with Gasteiger partial charge >= 0.3 is 0 Å². The molecule has 0 heterocycles. The maximum Gasteiger partial charge on any atom is 0.0566 e. The van der Waals surface area contributed by atoms with E-state index in [1.165, 1.54) is 0 Å². The molecule has 6 heteroatoms. The summed E-state index contributed by atoms with van der Waals surface area (Å²) in [5, 5.41) is 0. The maximum atomic E-state index is 5.12. The van der Waals surface area contributed by atoms with E-state index < -0.39 is 0 Å². The second-order valence-corrected chi connectivity index (χ2v) is 1.46.